The van der Waals surface area contributed by atoms with Gasteiger partial charge in [0, 0.05) is 13.1 Å². The number of hydrogen-bond acceptors (Lipinski definition) is 5. The summed E-state index contributed by atoms with van der Waals surface area (Å²) >= 11 is 12.4. The molecule has 0 bridgehead atoms. The van der Waals surface area contributed by atoms with Crippen molar-refractivity contribution in [2.24, 2.45) is 0 Å². The predicted molar refractivity (Wildman–Crippen MR) is 163 cm³/mol. The van der Waals surface area contributed by atoms with E-state index in [-0.39, 0.29) is 33.1 Å². The molecule has 1 N–H and O–H groups in total. The number of unbranched alkanes of at least 4 members (excludes halogenated alkanes) is 1. The van der Waals surface area contributed by atoms with Gasteiger partial charge < -0.3 is 15.0 Å². The Bertz CT molecular complexity index is 1470. The van der Waals surface area contributed by atoms with Crippen LogP contribution in [0, 0.1) is 6.92 Å². The first-order chi connectivity index (χ1) is 19.5. The third-order valence-electron chi connectivity index (χ3n) is 6.56. The zero-order valence-corrected chi connectivity index (χ0v) is 25.9. The molecule has 0 aliphatic heterocycles. The van der Waals surface area contributed by atoms with Gasteiger partial charge in [-0.3, -0.25) is 13.9 Å². The number of sulfonamides is 1. The van der Waals surface area contributed by atoms with Gasteiger partial charge in [-0.25, -0.2) is 8.42 Å². The molecule has 220 valence electrons. The van der Waals surface area contributed by atoms with E-state index in [1.54, 1.807) is 37.3 Å². The summed E-state index contributed by atoms with van der Waals surface area (Å²) in [6.07, 6.45) is 1.69. The van der Waals surface area contributed by atoms with Gasteiger partial charge in [0.2, 0.25) is 11.8 Å². The minimum absolute atomic E-state index is 0.00618. The molecular formula is C30H35Cl2N3O5S. The van der Waals surface area contributed by atoms with Gasteiger partial charge in [-0.1, -0.05) is 66.4 Å². The van der Waals surface area contributed by atoms with Gasteiger partial charge in [-0.15, -0.1) is 0 Å². The first kappa shape index (κ1) is 32.2. The number of aryl methyl sites for hydroxylation is 1. The molecule has 0 fully saturated rings. The van der Waals surface area contributed by atoms with Crippen LogP contribution in [-0.4, -0.2) is 51.4 Å². The number of anilines is 1. The average molecular weight is 621 g/mol. The van der Waals surface area contributed by atoms with Crippen molar-refractivity contribution in [3.8, 4) is 5.75 Å². The normalized spacial score (nSPS) is 12.0. The summed E-state index contributed by atoms with van der Waals surface area (Å²) in [5.41, 5.74) is 1.76. The minimum Gasteiger partial charge on any atom is -0.497 e. The highest BCUT2D eigenvalue weighted by Crippen LogP contribution is 2.31. The van der Waals surface area contributed by atoms with E-state index in [1.165, 1.54) is 42.3 Å². The second-order valence-electron chi connectivity index (χ2n) is 9.62. The van der Waals surface area contributed by atoms with Crippen LogP contribution < -0.4 is 14.4 Å². The lowest BCUT2D eigenvalue weighted by molar-refractivity contribution is -0.139. The van der Waals surface area contributed by atoms with Crippen molar-refractivity contribution in [3.05, 3.63) is 87.9 Å². The molecule has 0 spiro atoms. The highest BCUT2D eigenvalue weighted by molar-refractivity contribution is 7.92. The molecule has 0 aromatic heterocycles. The number of hydrogen-bond donors (Lipinski definition) is 1. The molecule has 0 saturated heterocycles. The third-order valence-corrected chi connectivity index (χ3v) is 9.09. The highest BCUT2D eigenvalue weighted by Gasteiger charge is 2.32. The SMILES string of the molecule is CCCCNC(=O)[C@H](C)N(Cc1cccc(OC)c1)C(=O)CN(c1ccc(Cl)c(Cl)c1)S(=O)(=O)c1ccc(C)cc1. The van der Waals surface area contributed by atoms with Crippen molar-refractivity contribution >= 4 is 50.7 Å². The Kier molecular flexibility index (Phi) is 11.5. The van der Waals surface area contributed by atoms with Gasteiger partial charge in [-0.2, -0.15) is 0 Å². The van der Waals surface area contributed by atoms with E-state index in [0.717, 1.165) is 22.7 Å². The Morgan fingerprint density at radius 3 is 2.34 bits per heavy atom. The van der Waals surface area contributed by atoms with Crippen molar-refractivity contribution in [2.45, 2.75) is 51.1 Å². The summed E-state index contributed by atoms with van der Waals surface area (Å²) in [7, 11) is -2.67. The molecule has 3 aromatic carbocycles. The zero-order valence-electron chi connectivity index (χ0n) is 23.6. The van der Waals surface area contributed by atoms with Gasteiger partial charge in [0.1, 0.15) is 18.3 Å². The van der Waals surface area contributed by atoms with Crippen LogP contribution in [-0.2, 0) is 26.2 Å². The van der Waals surface area contributed by atoms with E-state index in [9.17, 15) is 18.0 Å². The average Bonchev–Trinajstić information content (AvgIpc) is 2.96. The van der Waals surface area contributed by atoms with Crippen molar-refractivity contribution in [1.29, 1.82) is 0 Å². The van der Waals surface area contributed by atoms with Crippen molar-refractivity contribution in [1.82, 2.24) is 10.2 Å². The Labute approximate surface area is 252 Å². The molecule has 0 aliphatic rings. The maximum atomic E-state index is 14.0. The van der Waals surface area contributed by atoms with Crippen LogP contribution in [0.25, 0.3) is 0 Å². The number of amides is 2. The van der Waals surface area contributed by atoms with E-state index in [4.69, 9.17) is 27.9 Å². The third kappa shape index (κ3) is 8.38. The van der Waals surface area contributed by atoms with Crippen LogP contribution in [0.15, 0.2) is 71.6 Å². The van der Waals surface area contributed by atoms with E-state index in [1.807, 2.05) is 19.9 Å². The number of ether oxygens (including phenoxy) is 1. The Balaban J connectivity index is 2.03. The lowest BCUT2D eigenvalue weighted by atomic mass is 10.1. The largest absolute Gasteiger partial charge is 0.497 e. The van der Waals surface area contributed by atoms with Crippen LogP contribution in [0.1, 0.15) is 37.8 Å². The van der Waals surface area contributed by atoms with Crippen LogP contribution in [0.2, 0.25) is 10.0 Å². The fraction of sp³-hybridized carbons (Fsp3) is 0.333. The molecule has 11 heteroatoms. The Hall–Kier alpha value is -3.27. The van der Waals surface area contributed by atoms with E-state index in [0.29, 0.717) is 17.9 Å². The summed E-state index contributed by atoms with van der Waals surface area (Å²) in [5.74, 6) is -0.320. The maximum Gasteiger partial charge on any atom is 0.264 e. The summed E-state index contributed by atoms with van der Waals surface area (Å²) in [6, 6.07) is 16.9. The molecule has 0 aliphatic carbocycles. The number of nitrogens with zero attached hydrogens (tertiary/aromatic N) is 2. The molecule has 8 nitrogen and oxygen atoms in total. The monoisotopic (exact) mass is 619 g/mol. The van der Waals surface area contributed by atoms with Gasteiger partial charge in [0.05, 0.1) is 27.7 Å². The topological polar surface area (TPSA) is 96.0 Å². The molecule has 0 unspecified atom stereocenters. The second kappa shape index (κ2) is 14.6. The van der Waals surface area contributed by atoms with Gasteiger partial charge in [0.15, 0.2) is 0 Å². The fourth-order valence-corrected chi connectivity index (χ4v) is 5.79. The van der Waals surface area contributed by atoms with Crippen molar-refractivity contribution in [2.75, 3.05) is 24.5 Å². The second-order valence-corrected chi connectivity index (χ2v) is 12.3. The van der Waals surface area contributed by atoms with Crippen molar-refractivity contribution in [3.63, 3.8) is 0 Å². The Morgan fingerprint density at radius 1 is 1.00 bits per heavy atom. The van der Waals surface area contributed by atoms with E-state index in [2.05, 4.69) is 5.32 Å². The summed E-state index contributed by atoms with van der Waals surface area (Å²) in [5, 5.41) is 3.24. The number of rotatable bonds is 13. The van der Waals surface area contributed by atoms with Crippen LogP contribution in [0.4, 0.5) is 5.69 Å². The van der Waals surface area contributed by atoms with Crippen LogP contribution in [0.5, 0.6) is 5.75 Å². The van der Waals surface area contributed by atoms with Gasteiger partial charge in [0.25, 0.3) is 10.0 Å². The molecule has 0 heterocycles. The van der Waals surface area contributed by atoms with E-state index >= 15 is 0 Å². The van der Waals surface area contributed by atoms with E-state index < -0.39 is 28.5 Å². The summed E-state index contributed by atoms with van der Waals surface area (Å²) < 4.78 is 34.1. The summed E-state index contributed by atoms with van der Waals surface area (Å²) in [4.78, 5) is 28.4. The molecule has 3 rings (SSSR count). The molecule has 0 radical (unpaired) electrons. The summed E-state index contributed by atoms with van der Waals surface area (Å²) in [6.45, 7) is 5.43. The zero-order chi connectivity index (χ0) is 30.2. The van der Waals surface area contributed by atoms with Gasteiger partial charge >= 0.3 is 0 Å². The fourth-order valence-electron chi connectivity index (χ4n) is 4.09. The number of benzene rings is 3. The Morgan fingerprint density at radius 2 is 1.71 bits per heavy atom. The number of carbonyl (C=O) groups excluding carboxylic acids is 2. The van der Waals surface area contributed by atoms with Crippen molar-refractivity contribution < 1.29 is 22.7 Å². The predicted octanol–water partition coefficient (Wildman–Crippen LogP) is 5.84. The first-order valence-corrected chi connectivity index (χ1v) is 15.4. The van der Waals surface area contributed by atoms with Crippen LogP contribution >= 0.6 is 23.2 Å². The number of methoxy groups -OCH3 is 1. The molecular weight excluding hydrogens is 585 g/mol. The highest BCUT2D eigenvalue weighted by atomic mass is 35.5. The molecule has 3 aromatic rings. The first-order valence-electron chi connectivity index (χ1n) is 13.2. The minimum atomic E-state index is -4.21. The van der Waals surface area contributed by atoms with Gasteiger partial charge in [-0.05, 0) is 68.3 Å². The molecule has 1 atom stereocenters. The maximum absolute atomic E-state index is 14.0. The molecule has 2 amide bonds. The standard InChI is InChI=1S/C30H35Cl2N3O5S/c1-5-6-16-33-30(37)22(3)34(19-23-8-7-9-25(17-23)40-4)29(36)20-35(24-12-15-27(31)28(32)18-24)41(38,39)26-13-10-21(2)11-14-26/h7-15,17-18,22H,5-6,16,19-20H2,1-4H3,(H,33,37)/t22-/m0/s1. The quantitative estimate of drug-likeness (QED) is 0.243. The molecule has 41 heavy (non-hydrogen) atoms. The number of nitrogens with one attached hydrogen (secondary N) is 1. The lowest BCUT2D eigenvalue weighted by Gasteiger charge is -2.32. The number of carbonyl (C=O) groups is 2. The van der Waals surface area contributed by atoms with Crippen LogP contribution in [0.3, 0.4) is 0 Å². The number of halogens is 2. The lowest BCUT2D eigenvalue weighted by Crippen LogP contribution is -2.51. The molecule has 0 saturated carbocycles. The smallest absolute Gasteiger partial charge is 0.264 e.